The van der Waals surface area contributed by atoms with Gasteiger partial charge < -0.3 is 19.5 Å². The number of thioether (sulfide) groups is 1. The molecule has 0 saturated heterocycles. The van der Waals surface area contributed by atoms with Gasteiger partial charge in [0.1, 0.15) is 11.3 Å². The maximum atomic E-state index is 12.7. The molecule has 0 saturated carbocycles. The normalized spacial score (nSPS) is 10.4. The molecule has 2 N–H and O–H groups in total. The zero-order valence-corrected chi connectivity index (χ0v) is 20.7. The summed E-state index contributed by atoms with van der Waals surface area (Å²) < 4.78 is 15.3. The fourth-order valence-electron chi connectivity index (χ4n) is 2.92. The molecule has 0 aliphatic carbocycles. The molecule has 0 bridgehead atoms. The Kier molecular flexibility index (Phi) is 8.86. The number of nitrogens with one attached hydrogen (secondary N) is 2. The van der Waals surface area contributed by atoms with E-state index in [2.05, 4.69) is 15.6 Å². The first kappa shape index (κ1) is 25.8. The minimum Gasteiger partial charge on any atom is -0.497 e. The van der Waals surface area contributed by atoms with Gasteiger partial charge in [-0.2, -0.15) is 0 Å². The van der Waals surface area contributed by atoms with Crippen molar-refractivity contribution in [3.8, 4) is 17.2 Å². The van der Waals surface area contributed by atoms with Gasteiger partial charge in [0.15, 0.2) is 16.6 Å². The topological polar surface area (TPSA) is 142 Å². The van der Waals surface area contributed by atoms with Crippen LogP contribution in [0.15, 0.2) is 41.8 Å². The van der Waals surface area contributed by atoms with Gasteiger partial charge in [-0.25, -0.2) is 4.98 Å². The van der Waals surface area contributed by atoms with E-state index in [0.29, 0.717) is 22.9 Å². The molecule has 35 heavy (non-hydrogen) atoms. The van der Waals surface area contributed by atoms with Gasteiger partial charge >= 0.3 is 0 Å². The fourth-order valence-corrected chi connectivity index (χ4v) is 4.44. The molecular formula is C22H22N4O7S2. The van der Waals surface area contributed by atoms with Gasteiger partial charge in [0, 0.05) is 22.9 Å². The van der Waals surface area contributed by atoms with E-state index in [1.165, 1.54) is 43.4 Å². The Bertz CT molecular complexity index is 1220. The number of nitro groups is 1. The smallest absolute Gasteiger partial charge is 0.286 e. The minimum atomic E-state index is -0.704. The number of rotatable bonds is 11. The quantitative estimate of drug-likeness (QED) is 0.282. The summed E-state index contributed by atoms with van der Waals surface area (Å²) in [6, 6.07) is 9.39. The fraction of sp³-hybridized carbons (Fsp3) is 0.227. The molecule has 0 spiro atoms. The van der Waals surface area contributed by atoms with E-state index in [1.54, 1.807) is 36.8 Å². The van der Waals surface area contributed by atoms with Gasteiger partial charge in [0.2, 0.25) is 5.91 Å². The number of benzene rings is 2. The molecule has 0 atom stereocenters. The molecule has 3 rings (SSSR count). The van der Waals surface area contributed by atoms with E-state index in [-0.39, 0.29) is 33.9 Å². The summed E-state index contributed by atoms with van der Waals surface area (Å²) in [6.07, 6.45) is 0. The van der Waals surface area contributed by atoms with Gasteiger partial charge in [-0.1, -0.05) is 0 Å². The highest BCUT2D eigenvalue weighted by atomic mass is 32.2. The van der Waals surface area contributed by atoms with Crippen LogP contribution in [0.1, 0.15) is 16.1 Å². The van der Waals surface area contributed by atoms with Crippen molar-refractivity contribution in [2.24, 2.45) is 0 Å². The summed E-state index contributed by atoms with van der Waals surface area (Å²) in [6.45, 7) is 0. The number of methoxy groups -OCH3 is 3. The van der Waals surface area contributed by atoms with Crippen molar-refractivity contribution in [1.29, 1.82) is 0 Å². The van der Waals surface area contributed by atoms with Gasteiger partial charge in [-0.05, 0) is 24.3 Å². The average Bonchev–Trinajstić information content (AvgIpc) is 3.30. The molecule has 0 radical (unpaired) electrons. The minimum absolute atomic E-state index is 0.139. The number of hydrogen-bond acceptors (Lipinski definition) is 10. The molecule has 2 amide bonds. The summed E-state index contributed by atoms with van der Waals surface area (Å²) in [7, 11) is 4.28. The van der Waals surface area contributed by atoms with Crippen LogP contribution in [-0.4, -0.2) is 48.8 Å². The Morgan fingerprint density at radius 2 is 1.74 bits per heavy atom. The third-order valence-electron chi connectivity index (χ3n) is 4.57. The average molecular weight is 519 g/mol. The second kappa shape index (κ2) is 12.0. The van der Waals surface area contributed by atoms with Crippen LogP contribution in [0.5, 0.6) is 17.2 Å². The van der Waals surface area contributed by atoms with Crippen LogP contribution < -0.4 is 24.8 Å². The molecule has 11 nitrogen and oxygen atoms in total. The number of amides is 2. The Balaban J connectivity index is 1.56. The van der Waals surface area contributed by atoms with Crippen LogP contribution >= 0.6 is 23.1 Å². The lowest BCUT2D eigenvalue weighted by molar-refractivity contribution is -0.385. The summed E-state index contributed by atoms with van der Waals surface area (Å²) in [5, 5.41) is 18.8. The van der Waals surface area contributed by atoms with Crippen molar-refractivity contribution >= 4 is 51.4 Å². The number of thiazole rings is 1. The predicted molar refractivity (Wildman–Crippen MR) is 134 cm³/mol. The van der Waals surface area contributed by atoms with Crippen molar-refractivity contribution in [2.45, 2.75) is 5.75 Å². The summed E-state index contributed by atoms with van der Waals surface area (Å²) >= 11 is 2.54. The van der Waals surface area contributed by atoms with Crippen LogP contribution in [0.3, 0.4) is 0 Å². The zero-order chi connectivity index (χ0) is 25.4. The highest BCUT2D eigenvalue weighted by Crippen LogP contribution is 2.35. The lowest BCUT2D eigenvalue weighted by atomic mass is 10.1. The summed E-state index contributed by atoms with van der Waals surface area (Å²) in [5.41, 5.74) is 0.720. The molecular weight excluding hydrogens is 496 g/mol. The monoisotopic (exact) mass is 518 g/mol. The third-order valence-corrected chi connectivity index (χ3v) is 6.35. The van der Waals surface area contributed by atoms with E-state index in [1.807, 2.05) is 0 Å². The van der Waals surface area contributed by atoms with Crippen LogP contribution in [0.2, 0.25) is 0 Å². The van der Waals surface area contributed by atoms with E-state index >= 15 is 0 Å². The number of carbonyl (C=O) groups excluding carboxylic acids is 2. The standard InChI is InChI=1S/C22H22N4O7S2/c1-31-15-6-4-13(5-7-15)23-20(27)12-34-10-14-11-35-22(24-14)25-21(28)16-8-18(32-2)19(33-3)9-17(16)26(29)30/h4-9,11H,10,12H2,1-3H3,(H,23,27)(H,24,25,28). The second-order valence-corrected chi connectivity index (χ2v) is 8.69. The van der Waals surface area contributed by atoms with Crippen molar-refractivity contribution in [3.05, 3.63) is 63.1 Å². The molecule has 184 valence electrons. The van der Waals surface area contributed by atoms with E-state index < -0.39 is 16.5 Å². The predicted octanol–water partition coefficient (Wildman–Crippen LogP) is 4.20. The first-order chi connectivity index (χ1) is 16.8. The Morgan fingerprint density at radius 3 is 2.37 bits per heavy atom. The molecule has 3 aromatic rings. The van der Waals surface area contributed by atoms with E-state index in [0.717, 1.165) is 6.07 Å². The van der Waals surface area contributed by atoms with Crippen molar-refractivity contribution in [1.82, 2.24) is 4.98 Å². The number of nitrogens with zero attached hydrogens (tertiary/aromatic N) is 2. The summed E-state index contributed by atoms with van der Waals surface area (Å²) in [4.78, 5) is 40.0. The van der Waals surface area contributed by atoms with Crippen LogP contribution in [-0.2, 0) is 10.5 Å². The maximum Gasteiger partial charge on any atom is 0.286 e. The Morgan fingerprint density at radius 1 is 1.06 bits per heavy atom. The number of anilines is 2. The first-order valence-corrected chi connectivity index (χ1v) is 12.1. The van der Waals surface area contributed by atoms with Gasteiger partial charge in [-0.15, -0.1) is 23.1 Å². The Labute approximate surface area is 208 Å². The molecule has 0 fully saturated rings. The largest absolute Gasteiger partial charge is 0.497 e. The van der Waals surface area contributed by atoms with Crippen molar-refractivity contribution < 1.29 is 28.7 Å². The van der Waals surface area contributed by atoms with Gasteiger partial charge in [-0.3, -0.25) is 25.0 Å². The number of ether oxygens (including phenoxy) is 3. The zero-order valence-electron chi connectivity index (χ0n) is 19.0. The number of hydrogen-bond donors (Lipinski definition) is 2. The van der Waals surface area contributed by atoms with Crippen molar-refractivity contribution in [3.63, 3.8) is 0 Å². The van der Waals surface area contributed by atoms with Crippen molar-refractivity contribution in [2.75, 3.05) is 37.7 Å². The third kappa shape index (κ3) is 6.83. The van der Waals surface area contributed by atoms with Crippen LogP contribution in [0.25, 0.3) is 0 Å². The molecule has 13 heteroatoms. The highest BCUT2D eigenvalue weighted by molar-refractivity contribution is 7.99. The number of aromatic nitrogens is 1. The molecule has 2 aromatic carbocycles. The second-order valence-electron chi connectivity index (χ2n) is 6.85. The first-order valence-electron chi connectivity index (χ1n) is 10.0. The van der Waals surface area contributed by atoms with Gasteiger partial charge in [0.05, 0.1) is 43.8 Å². The number of nitro benzene ring substituents is 1. The lowest BCUT2D eigenvalue weighted by Gasteiger charge is -2.10. The van der Waals surface area contributed by atoms with Crippen LogP contribution in [0, 0.1) is 10.1 Å². The van der Waals surface area contributed by atoms with E-state index in [4.69, 9.17) is 14.2 Å². The van der Waals surface area contributed by atoms with Crippen LogP contribution in [0.4, 0.5) is 16.5 Å². The number of carbonyl (C=O) groups is 2. The van der Waals surface area contributed by atoms with Gasteiger partial charge in [0.25, 0.3) is 11.6 Å². The molecule has 0 unspecified atom stereocenters. The highest BCUT2D eigenvalue weighted by Gasteiger charge is 2.25. The SMILES string of the molecule is COc1ccc(NC(=O)CSCc2csc(NC(=O)c3cc(OC)c(OC)cc3[N+](=O)[O-])n2)cc1. The molecule has 1 aromatic heterocycles. The Hall–Kier alpha value is -3.84. The molecule has 0 aliphatic heterocycles. The summed E-state index contributed by atoms with van der Waals surface area (Å²) in [5.74, 6) is 0.814. The molecule has 1 heterocycles. The molecule has 0 aliphatic rings. The lowest BCUT2D eigenvalue weighted by Crippen LogP contribution is -2.14. The maximum absolute atomic E-state index is 12.7. The van der Waals surface area contributed by atoms with E-state index in [9.17, 15) is 19.7 Å².